The van der Waals surface area contributed by atoms with Crippen LogP contribution in [0.25, 0.3) is 0 Å². The fraction of sp³-hybridized carbons (Fsp3) is 0.667. The molecule has 1 aromatic heterocycles. The van der Waals surface area contributed by atoms with E-state index in [-0.39, 0.29) is 5.95 Å². The molecular formula is C12H17F3N4. The average Bonchev–Trinajstić information content (AvgIpc) is 3.18. The summed E-state index contributed by atoms with van der Waals surface area (Å²) in [5, 5.41) is 2.59. The van der Waals surface area contributed by atoms with Gasteiger partial charge in [0.25, 0.3) is 0 Å². The van der Waals surface area contributed by atoms with Gasteiger partial charge >= 0.3 is 6.18 Å². The summed E-state index contributed by atoms with van der Waals surface area (Å²) in [5.41, 5.74) is -0.899. The van der Waals surface area contributed by atoms with Crippen molar-refractivity contribution in [2.75, 3.05) is 23.8 Å². The highest BCUT2D eigenvalue weighted by molar-refractivity contribution is 5.47. The van der Waals surface area contributed by atoms with Crippen LogP contribution >= 0.6 is 0 Å². The number of nitrogens with zero attached hydrogens (tertiary/aromatic N) is 3. The molecule has 7 heteroatoms. The maximum Gasteiger partial charge on any atom is 0.433 e. The van der Waals surface area contributed by atoms with Crippen LogP contribution in [0.1, 0.15) is 31.9 Å². The van der Waals surface area contributed by atoms with E-state index in [1.54, 1.807) is 0 Å². The first-order valence-electron chi connectivity index (χ1n) is 6.36. The Balaban J connectivity index is 2.37. The van der Waals surface area contributed by atoms with Crippen LogP contribution in [0.3, 0.4) is 0 Å². The average molecular weight is 274 g/mol. The monoisotopic (exact) mass is 274 g/mol. The second-order valence-corrected chi connectivity index (χ2v) is 4.61. The number of anilines is 2. The summed E-state index contributed by atoms with van der Waals surface area (Å²) < 4.78 is 38.4. The predicted molar refractivity (Wildman–Crippen MR) is 67.2 cm³/mol. The van der Waals surface area contributed by atoms with E-state index in [0.717, 1.165) is 25.3 Å². The number of halogens is 3. The van der Waals surface area contributed by atoms with Crippen LogP contribution in [0.15, 0.2) is 6.07 Å². The fourth-order valence-electron chi connectivity index (χ4n) is 1.95. The summed E-state index contributed by atoms with van der Waals surface area (Å²) in [4.78, 5) is 9.56. The van der Waals surface area contributed by atoms with Crippen LogP contribution in [0.4, 0.5) is 24.9 Å². The van der Waals surface area contributed by atoms with Gasteiger partial charge in [-0.2, -0.15) is 18.2 Å². The molecule has 1 fully saturated rings. The minimum Gasteiger partial charge on any atom is -0.357 e. The van der Waals surface area contributed by atoms with Crippen LogP contribution in [-0.4, -0.2) is 29.6 Å². The van der Waals surface area contributed by atoms with E-state index in [1.807, 2.05) is 11.8 Å². The summed E-state index contributed by atoms with van der Waals surface area (Å²) in [6.45, 7) is 2.71. The fourth-order valence-corrected chi connectivity index (χ4v) is 1.95. The van der Waals surface area contributed by atoms with Gasteiger partial charge in [-0.05, 0) is 19.3 Å². The van der Waals surface area contributed by atoms with Gasteiger partial charge < -0.3 is 10.2 Å². The molecular weight excluding hydrogens is 257 g/mol. The van der Waals surface area contributed by atoms with Gasteiger partial charge in [-0.3, -0.25) is 0 Å². The summed E-state index contributed by atoms with van der Waals surface area (Å²) in [7, 11) is 1.51. The van der Waals surface area contributed by atoms with Crippen molar-refractivity contribution in [3.8, 4) is 0 Å². The zero-order chi connectivity index (χ0) is 14.0. The lowest BCUT2D eigenvalue weighted by atomic mass is 10.3. The number of aromatic nitrogens is 2. The molecule has 0 atom stereocenters. The smallest absolute Gasteiger partial charge is 0.357 e. The van der Waals surface area contributed by atoms with Gasteiger partial charge in [-0.15, -0.1) is 0 Å². The Bertz CT molecular complexity index is 443. The van der Waals surface area contributed by atoms with E-state index < -0.39 is 11.9 Å². The molecule has 1 saturated carbocycles. The lowest BCUT2D eigenvalue weighted by Crippen LogP contribution is -2.28. The molecule has 0 amide bonds. The van der Waals surface area contributed by atoms with Crippen molar-refractivity contribution in [1.82, 2.24) is 9.97 Å². The molecule has 1 N–H and O–H groups in total. The van der Waals surface area contributed by atoms with Gasteiger partial charge in [0.2, 0.25) is 5.95 Å². The normalized spacial score (nSPS) is 15.4. The molecule has 1 heterocycles. The molecule has 106 valence electrons. The molecule has 0 bridgehead atoms. The second-order valence-electron chi connectivity index (χ2n) is 4.61. The molecule has 1 aliphatic rings. The Hall–Kier alpha value is -1.53. The van der Waals surface area contributed by atoms with Crippen molar-refractivity contribution in [3.05, 3.63) is 11.8 Å². The van der Waals surface area contributed by atoms with Gasteiger partial charge in [0, 0.05) is 25.7 Å². The van der Waals surface area contributed by atoms with E-state index in [0.29, 0.717) is 18.4 Å². The van der Waals surface area contributed by atoms with E-state index in [1.165, 1.54) is 7.05 Å². The Morgan fingerprint density at radius 3 is 2.53 bits per heavy atom. The minimum atomic E-state index is -4.45. The van der Waals surface area contributed by atoms with Crippen molar-refractivity contribution in [3.63, 3.8) is 0 Å². The van der Waals surface area contributed by atoms with Crippen molar-refractivity contribution in [1.29, 1.82) is 0 Å². The third-order valence-corrected chi connectivity index (χ3v) is 2.97. The van der Waals surface area contributed by atoms with Gasteiger partial charge in [0.15, 0.2) is 5.69 Å². The number of nitrogens with one attached hydrogen (secondary N) is 1. The Labute approximate surface area is 110 Å². The van der Waals surface area contributed by atoms with Crippen LogP contribution in [0.5, 0.6) is 0 Å². The van der Waals surface area contributed by atoms with Gasteiger partial charge in [-0.1, -0.05) is 6.92 Å². The quantitative estimate of drug-likeness (QED) is 0.896. The first kappa shape index (κ1) is 13.9. The third-order valence-electron chi connectivity index (χ3n) is 2.97. The van der Waals surface area contributed by atoms with Gasteiger partial charge in [0.1, 0.15) is 5.82 Å². The summed E-state index contributed by atoms with van der Waals surface area (Å²) in [6.07, 6.45) is -1.55. The molecule has 1 aliphatic carbocycles. The van der Waals surface area contributed by atoms with E-state index in [4.69, 9.17) is 0 Å². The Kier molecular flexibility index (Phi) is 3.82. The van der Waals surface area contributed by atoms with Crippen molar-refractivity contribution in [2.45, 2.75) is 38.4 Å². The van der Waals surface area contributed by atoms with Crippen LogP contribution in [0.2, 0.25) is 0 Å². The van der Waals surface area contributed by atoms with Gasteiger partial charge in [0.05, 0.1) is 0 Å². The highest BCUT2D eigenvalue weighted by atomic mass is 19.4. The van der Waals surface area contributed by atoms with E-state index >= 15 is 0 Å². The third kappa shape index (κ3) is 3.27. The highest BCUT2D eigenvalue weighted by Crippen LogP contribution is 2.34. The summed E-state index contributed by atoms with van der Waals surface area (Å²) >= 11 is 0. The standard InChI is InChI=1S/C12H17F3N4/c1-3-6-19(8-4-5-8)10-7-9(12(13,14)15)17-11(16-2)18-10/h7-8H,3-6H2,1-2H3,(H,16,17,18). The van der Waals surface area contributed by atoms with Crippen LogP contribution < -0.4 is 10.2 Å². The maximum atomic E-state index is 12.8. The SMILES string of the molecule is CCCN(c1cc(C(F)(F)F)nc(NC)n1)C1CC1. The van der Waals surface area contributed by atoms with E-state index in [9.17, 15) is 13.2 Å². The summed E-state index contributed by atoms with van der Waals surface area (Å²) in [5.74, 6) is 0.364. The second kappa shape index (κ2) is 5.22. The zero-order valence-electron chi connectivity index (χ0n) is 11.0. The molecule has 0 radical (unpaired) electrons. The topological polar surface area (TPSA) is 41.1 Å². The molecule has 19 heavy (non-hydrogen) atoms. The van der Waals surface area contributed by atoms with Crippen molar-refractivity contribution in [2.24, 2.45) is 0 Å². The van der Waals surface area contributed by atoms with Crippen LogP contribution in [-0.2, 0) is 6.18 Å². The summed E-state index contributed by atoms with van der Waals surface area (Å²) in [6, 6.07) is 1.36. The molecule has 0 spiro atoms. The van der Waals surface area contributed by atoms with E-state index in [2.05, 4.69) is 15.3 Å². The molecule has 0 aromatic carbocycles. The maximum absolute atomic E-state index is 12.8. The molecule has 0 saturated heterocycles. The minimum absolute atomic E-state index is 0.00609. The molecule has 4 nitrogen and oxygen atoms in total. The number of alkyl halides is 3. The first-order chi connectivity index (χ1) is 8.95. The number of hydrogen-bond donors (Lipinski definition) is 1. The lowest BCUT2D eigenvalue weighted by Gasteiger charge is -2.24. The largest absolute Gasteiger partial charge is 0.433 e. The predicted octanol–water partition coefficient (Wildman–Crippen LogP) is 2.92. The van der Waals surface area contributed by atoms with Crippen molar-refractivity contribution >= 4 is 11.8 Å². The van der Waals surface area contributed by atoms with Gasteiger partial charge in [-0.25, -0.2) is 4.98 Å². The molecule has 0 unspecified atom stereocenters. The van der Waals surface area contributed by atoms with Crippen LogP contribution in [0, 0.1) is 0 Å². The Morgan fingerprint density at radius 1 is 1.37 bits per heavy atom. The molecule has 0 aliphatic heterocycles. The molecule has 2 rings (SSSR count). The molecule has 1 aromatic rings. The Morgan fingerprint density at radius 2 is 2.05 bits per heavy atom. The first-order valence-corrected chi connectivity index (χ1v) is 6.36. The lowest BCUT2D eigenvalue weighted by molar-refractivity contribution is -0.141. The zero-order valence-corrected chi connectivity index (χ0v) is 11.0. The number of hydrogen-bond acceptors (Lipinski definition) is 4. The number of rotatable bonds is 5. The highest BCUT2D eigenvalue weighted by Gasteiger charge is 2.36. The van der Waals surface area contributed by atoms with Crippen molar-refractivity contribution < 1.29 is 13.2 Å².